The highest BCUT2D eigenvalue weighted by molar-refractivity contribution is 5.15. The van der Waals surface area contributed by atoms with Gasteiger partial charge in [0.05, 0.1) is 0 Å². The molecule has 0 spiro atoms. The van der Waals surface area contributed by atoms with Gasteiger partial charge in [0.2, 0.25) is 0 Å². The van der Waals surface area contributed by atoms with Crippen LogP contribution in [-0.2, 0) is 0 Å². The Morgan fingerprint density at radius 1 is 0.630 bits per heavy atom. The quantitative estimate of drug-likeness (QED) is 0.345. The van der Waals surface area contributed by atoms with Crippen molar-refractivity contribution in [3.63, 3.8) is 0 Å². The Kier molecular flexibility index (Phi) is 6.68. The second kappa shape index (κ2) is 9.20. The molecular weight excluding hydrogens is 324 g/mol. The summed E-state index contributed by atoms with van der Waals surface area (Å²) >= 11 is 0. The predicted molar refractivity (Wildman–Crippen MR) is 116 cm³/mol. The fourth-order valence-corrected chi connectivity index (χ4v) is 6.60. The second-order valence-electron chi connectivity index (χ2n) is 10.7. The molecule has 0 aromatic heterocycles. The molecule has 0 aromatic carbocycles. The molecule has 0 N–H and O–H groups in total. The molecule has 1 atom stereocenters. The largest absolute Gasteiger partial charge is 0.0996 e. The number of rotatable bonds is 2. The summed E-state index contributed by atoms with van der Waals surface area (Å²) in [5.41, 5.74) is 1.83. The molecule has 4 aliphatic rings. The molecule has 0 heteroatoms. The number of allylic oxidation sites excluding steroid dienone is 2. The first-order chi connectivity index (χ1) is 13.2. The summed E-state index contributed by atoms with van der Waals surface area (Å²) in [4.78, 5) is 0. The molecule has 0 saturated heterocycles. The van der Waals surface area contributed by atoms with Crippen LogP contribution in [0.4, 0.5) is 0 Å². The lowest BCUT2D eigenvalue weighted by molar-refractivity contribution is 0.165. The Morgan fingerprint density at radius 2 is 1.15 bits per heavy atom. The van der Waals surface area contributed by atoms with Crippen molar-refractivity contribution in [2.24, 2.45) is 41.4 Å². The van der Waals surface area contributed by atoms with Crippen molar-refractivity contribution in [2.45, 2.75) is 104 Å². The molecular formula is C27H42. The van der Waals surface area contributed by atoms with Gasteiger partial charge >= 0.3 is 0 Å². The second-order valence-corrected chi connectivity index (χ2v) is 10.7. The van der Waals surface area contributed by atoms with Gasteiger partial charge in [0, 0.05) is 11.8 Å². The first-order valence-corrected chi connectivity index (χ1v) is 12.4. The van der Waals surface area contributed by atoms with Crippen molar-refractivity contribution in [3.05, 3.63) is 11.6 Å². The van der Waals surface area contributed by atoms with Crippen LogP contribution in [0.2, 0.25) is 0 Å². The maximum Gasteiger partial charge on any atom is 0.0203 e. The van der Waals surface area contributed by atoms with Gasteiger partial charge in [0.1, 0.15) is 0 Å². The van der Waals surface area contributed by atoms with E-state index in [2.05, 4.69) is 31.8 Å². The average Bonchev–Trinajstić information content (AvgIpc) is 3.14. The van der Waals surface area contributed by atoms with Gasteiger partial charge in [-0.1, -0.05) is 37.3 Å². The minimum absolute atomic E-state index is 0.724. The van der Waals surface area contributed by atoms with Crippen LogP contribution in [0.3, 0.4) is 0 Å². The van der Waals surface area contributed by atoms with E-state index >= 15 is 0 Å². The third kappa shape index (κ3) is 5.22. The maximum atomic E-state index is 3.72. The van der Waals surface area contributed by atoms with E-state index in [4.69, 9.17) is 0 Å². The Morgan fingerprint density at radius 3 is 1.67 bits per heavy atom. The summed E-state index contributed by atoms with van der Waals surface area (Å²) in [5, 5.41) is 0. The first-order valence-electron chi connectivity index (χ1n) is 12.4. The fourth-order valence-electron chi connectivity index (χ4n) is 6.60. The van der Waals surface area contributed by atoms with Gasteiger partial charge in [-0.05, 0) is 119 Å². The third-order valence-electron chi connectivity index (χ3n) is 8.63. The van der Waals surface area contributed by atoms with Crippen molar-refractivity contribution < 1.29 is 0 Å². The molecule has 4 aliphatic carbocycles. The van der Waals surface area contributed by atoms with E-state index in [0.717, 1.165) is 41.4 Å². The van der Waals surface area contributed by atoms with Gasteiger partial charge in [-0.25, -0.2) is 0 Å². The topological polar surface area (TPSA) is 0 Å². The monoisotopic (exact) mass is 366 g/mol. The molecule has 0 heterocycles. The predicted octanol–water partition coefficient (Wildman–Crippen LogP) is 7.79. The van der Waals surface area contributed by atoms with Crippen molar-refractivity contribution in [2.75, 3.05) is 0 Å². The average molecular weight is 367 g/mol. The van der Waals surface area contributed by atoms with Crippen LogP contribution < -0.4 is 0 Å². The van der Waals surface area contributed by atoms with Crippen molar-refractivity contribution in [3.8, 4) is 11.8 Å². The molecule has 3 saturated carbocycles. The van der Waals surface area contributed by atoms with Gasteiger partial charge < -0.3 is 0 Å². The molecule has 0 aliphatic heterocycles. The van der Waals surface area contributed by atoms with Crippen LogP contribution in [0, 0.1) is 53.3 Å². The SMILES string of the molecule is CC1C=C(C2CCC(C3CCC(C#CC4CCC(C)CC4)CC3)CC2)CC1. The molecule has 0 nitrogen and oxygen atoms in total. The molecule has 150 valence electrons. The molecule has 0 aromatic rings. The zero-order valence-electron chi connectivity index (χ0n) is 18.0. The smallest absolute Gasteiger partial charge is 0.0203 e. The van der Waals surface area contributed by atoms with E-state index < -0.39 is 0 Å². The highest BCUT2D eigenvalue weighted by Crippen LogP contribution is 2.44. The summed E-state index contributed by atoms with van der Waals surface area (Å²) in [6, 6.07) is 0. The molecule has 0 amide bonds. The lowest BCUT2D eigenvalue weighted by Crippen LogP contribution is -2.26. The Balaban J connectivity index is 1.18. The van der Waals surface area contributed by atoms with Crippen LogP contribution in [-0.4, -0.2) is 0 Å². The zero-order valence-corrected chi connectivity index (χ0v) is 18.0. The van der Waals surface area contributed by atoms with Crippen molar-refractivity contribution >= 4 is 0 Å². The normalized spacial score (nSPS) is 42.9. The minimum atomic E-state index is 0.724. The summed E-state index contributed by atoms with van der Waals surface area (Å²) < 4.78 is 0. The number of hydrogen-bond donors (Lipinski definition) is 0. The summed E-state index contributed by atoms with van der Waals surface area (Å²) in [5.74, 6) is 13.7. The molecule has 0 bridgehead atoms. The molecule has 27 heavy (non-hydrogen) atoms. The van der Waals surface area contributed by atoms with Crippen LogP contribution in [0.15, 0.2) is 11.6 Å². The fraction of sp³-hybridized carbons (Fsp3) is 0.852. The summed E-state index contributed by atoms with van der Waals surface area (Å²) in [6.07, 6.45) is 22.7. The Bertz CT molecular complexity index is 549. The lowest BCUT2D eigenvalue weighted by Gasteiger charge is -2.37. The van der Waals surface area contributed by atoms with E-state index in [1.54, 1.807) is 0 Å². The molecule has 1 unspecified atom stereocenters. The van der Waals surface area contributed by atoms with Gasteiger partial charge in [0.25, 0.3) is 0 Å². The standard InChI is InChI=1S/C27H42/c1-20-3-6-22(7-4-20)8-9-23-10-13-24(14-11-23)25-15-17-26(18-16-25)27-12-5-21(2)19-27/h19-26H,3-7,10-18H2,1-2H3. The highest BCUT2D eigenvalue weighted by atomic mass is 14.4. The number of hydrogen-bond acceptors (Lipinski definition) is 0. The highest BCUT2D eigenvalue weighted by Gasteiger charge is 2.32. The molecule has 3 fully saturated rings. The van der Waals surface area contributed by atoms with E-state index in [9.17, 15) is 0 Å². The van der Waals surface area contributed by atoms with Crippen LogP contribution in [0.1, 0.15) is 104 Å². The molecule has 0 radical (unpaired) electrons. The van der Waals surface area contributed by atoms with Gasteiger partial charge in [-0.3, -0.25) is 0 Å². The van der Waals surface area contributed by atoms with Crippen LogP contribution >= 0.6 is 0 Å². The Labute approximate surface area is 169 Å². The van der Waals surface area contributed by atoms with E-state index in [-0.39, 0.29) is 0 Å². The van der Waals surface area contributed by atoms with E-state index in [1.807, 2.05) is 5.57 Å². The first kappa shape index (κ1) is 19.6. The van der Waals surface area contributed by atoms with Crippen LogP contribution in [0.25, 0.3) is 0 Å². The van der Waals surface area contributed by atoms with Gasteiger partial charge in [-0.15, -0.1) is 0 Å². The van der Waals surface area contributed by atoms with Crippen molar-refractivity contribution in [1.82, 2.24) is 0 Å². The summed E-state index contributed by atoms with van der Waals surface area (Å²) in [7, 11) is 0. The Hall–Kier alpha value is -0.700. The lowest BCUT2D eigenvalue weighted by atomic mass is 9.68. The van der Waals surface area contributed by atoms with Gasteiger partial charge in [-0.2, -0.15) is 0 Å². The maximum absolute atomic E-state index is 3.72. The van der Waals surface area contributed by atoms with Crippen LogP contribution in [0.5, 0.6) is 0 Å². The van der Waals surface area contributed by atoms with E-state index in [0.29, 0.717) is 0 Å². The third-order valence-corrected chi connectivity index (χ3v) is 8.63. The summed E-state index contributed by atoms with van der Waals surface area (Å²) in [6.45, 7) is 4.80. The van der Waals surface area contributed by atoms with E-state index in [1.165, 1.54) is 89.9 Å². The molecule has 4 rings (SSSR count). The minimum Gasteiger partial charge on any atom is -0.0996 e. The zero-order chi connectivity index (χ0) is 18.6. The van der Waals surface area contributed by atoms with Gasteiger partial charge in [0.15, 0.2) is 0 Å². The van der Waals surface area contributed by atoms with Crippen molar-refractivity contribution in [1.29, 1.82) is 0 Å².